The van der Waals surface area contributed by atoms with Gasteiger partial charge in [0.05, 0.1) is 18.8 Å². The smallest absolute Gasteiger partial charge is 0.336 e. The highest BCUT2D eigenvalue weighted by molar-refractivity contribution is 5.89. The van der Waals surface area contributed by atoms with Crippen LogP contribution in [0.3, 0.4) is 0 Å². The lowest BCUT2D eigenvalue weighted by atomic mass is 9.86. The zero-order valence-corrected chi connectivity index (χ0v) is 11.1. The molecular formula is C14H24O3. The number of carbonyl (C=O) groups excluding carboxylic acids is 1. The summed E-state index contributed by atoms with van der Waals surface area (Å²) in [4.78, 5) is 11.7. The third-order valence-corrected chi connectivity index (χ3v) is 3.44. The zero-order chi connectivity index (χ0) is 12.8. The largest absolute Gasteiger partial charge is 0.466 e. The van der Waals surface area contributed by atoms with Gasteiger partial charge in [-0.05, 0) is 24.7 Å². The molecule has 0 saturated heterocycles. The van der Waals surface area contributed by atoms with Crippen LogP contribution in [0.15, 0.2) is 11.6 Å². The first kappa shape index (κ1) is 14.2. The Hall–Kier alpha value is -0.830. The summed E-state index contributed by atoms with van der Waals surface area (Å²) in [5.41, 5.74) is 0.439. The Morgan fingerprint density at radius 2 is 1.88 bits per heavy atom. The average molecular weight is 240 g/mol. The fraction of sp³-hybridized carbons (Fsp3) is 0.786. The standard InChI is InChI=1S/C14H24O3/c1-10(2)13(15)12(14(16)17-3)9-11-7-5-4-6-8-11/h9-11,13,15H,4-8H2,1-3H3/b12-9-. The van der Waals surface area contributed by atoms with Crippen LogP contribution in [-0.4, -0.2) is 24.3 Å². The number of esters is 1. The summed E-state index contributed by atoms with van der Waals surface area (Å²) in [5.74, 6) is 0.0620. The van der Waals surface area contributed by atoms with Crippen LogP contribution in [-0.2, 0) is 9.53 Å². The van der Waals surface area contributed by atoms with E-state index in [9.17, 15) is 9.90 Å². The molecule has 1 unspecified atom stereocenters. The molecular weight excluding hydrogens is 216 g/mol. The molecule has 17 heavy (non-hydrogen) atoms. The molecule has 0 aliphatic heterocycles. The van der Waals surface area contributed by atoms with Crippen LogP contribution in [0, 0.1) is 11.8 Å². The summed E-state index contributed by atoms with van der Waals surface area (Å²) in [5, 5.41) is 10.0. The molecule has 0 aromatic rings. The van der Waals surface area contributed by atoms with Crippen molar-refractivity contribution in [3.8, 4) is 0 Å². The van der Waals surface area contributed by atoms with E-state index < -0.39 is 12.1 Å². The third-order valence-electron chi connectivity index (χ3n) is 3.44. The topological polar surface area (TPSA) is 46.5 Å². The van der Waals surface area contributed by atoms with E-state index in [1.54, 1.807) is 0 Å². The quantitative estimate of drug-likeness (QED) is 0.607. The van der Waals surface area contributed by atoms with Crippen LogP contribution in [0.25, 0.3) is 0 Å². The van der Waals surface area contributed by atoms with Crippen LogP contribution in [0.2, 0.25) is 0 Å². The van der Waals surface area contributed by atoms with Crippen molar-refractivity contribution in [2.45, 2.75) is 52.1 Å². The van der Waals surface area contributed by atoms with Gasteiger partial charge >= 0.3 is 5.97 Å². The molecule has 0 aromatic heterocycles. The Kier molecular flexibility index (Phi) is 5.69. The molecule has 0 amide bonds. The third kappa shape index (κ3) is 4.15. The Morgan fingerprint density at radius 1 is 1.29 bits per heavy atom. The van der Waals surface area contributed by atoms with Crippen molar-refractivity contribution in [2.75, 3.05) is 7.11 Å². The lowest BCUT2D eigenvalue weighted by Crippen LogP contribution is -2.25. The van der Waals surface area contributed by atoms with Gasteiger partial charge in [-0.1, -0.05) is 39.2 Å². The molecule has 98 valence electrons. The van der Waals surface area contributed by atoms with E-state index in [-0.39, 0.29) is 5.92 Å². The fourth-order valence-electron chi connectivity index (χ4n) is 2.32. The van der Waals surface area contributed by atoms with Crippen molar-refractivity contribution in [2.24, 2.45) is 11.8 Å². The van der Waals surface area contributed by atoms with Crippen LogP contribution >= 0.6 is 0 Å². The highest BCUT2D eigenvalue weighted by atomic mass is 16.5. The van der Waals surface area contributed by atoms with Gasteiger partial charge in [0.15, 0.2) is 0 Å². The molecule has 0 heterocycles. The maximum atomic E-state index is 11.7. The highest BCUT2D eigenvalue weighted by Crippen LogP contribution is 2.27. The second kappa shape index (κ2) is 6.80. The summed E-state index contributed by atoms with van der Waals surface area (Å²) < 4.78 is 4.76. The van der Waals surface area contributed by atoms with E-state index in [1.807, 2.05) is 19.9 Å². The molecule has 0 spiro atoms. The maximum Gasteiger partial charge on any atom is 0.336 e. The number of aliphatic hydroxyl groups is 1. The predicted octanol–water partition coefficient (Wildman–Crippen LogP) is 2.68. The number of hydrogen-bond donors (Lipinski definition) is 1. The predicted molar refractivity (Wildman–Crippen MR) is 67.5 cm³/mol. The molecule has 1 atom stereocenters. The van der Waals surface area contributed by atoms with E-state index in [0.29, 0.717) is 11.5 Å². The molecule has 0 radical (unpaired) electrons. The number of allylic oxidation sites excluding steroid dienone is 1. The summed E-state index contributed by atoms with van der Waals surface area (Å²) in [6, 6.07) is 0. The molecule has 1 aliphatic carbocycles. The molecule has 0 aromatic carbocycles. The second-order valence-corrected chi connectivity index (χ2v) is 5.20. The summed E-state index contributed by atoms with van der Waals surface area (Å²) in [6.07, 6.45) is 7.17. The van der Waals surface area contributed by atoms with Crippen LogP contribution in [0.4, 0.5) is 0 Å². The van der Waals surface area contributed by atoms with Gasteiger partial charge in [-0.2, -0.15) is 0 Å². The van der Waals surface area contributed by atoms with Gasteiger partial charge in [0.1, 0.15) is 0 Å². The fourth-order valence-corrected chi connectivity index (χ4v) is 2.32. The first-order valence-corrected chi connectivity index (χ1v) is 6.54. The van der Waals surface area contributed by atoms with Crippen molar-refractivity contribution in [3.05, 3.63) is 11.6 Å². The lowest BCUT2D eigenvalue weighted by Gasteiger charge is -2.22. The van der Waals surface area contributed by atoms with E-state index in [4.69, 9.17) is 4.74 Å². The highest BCUT2D eigenvalue weighted by Gasteiger charge is 2.24. The van der Waals surface area contributed by atoms with Gasteiger partial charge in [0, 0.05) is 0 Å². The molecule has 1 N–H and O–H groups in total. The number of carbonyl (C=O) groups is 1. The van der Waals surface area contributed by atoms with Crippen molar-refractivity contribution in [1.29, 1.82) is 0 Å². The van der Waals surface area contributed by atoms with Crippen molar-refractivity contribution < 1.29 is 14.6 Å². The normalized spacial score (nSPS) is 20.4. The Labute approximate surface area is 104 Å². The summed E-state index contributed by atoms with van der Waals surface area (Å²) in [6.45, 7) is 3.81. The van der Waals surface area contributed by atoms with Crippen LogP contribution in [0.5, 0.6) is 0 Å². The van der Waals surface area contributed by atoms with Gasteiger partial charge in [0.25, 0.3) is 0 Å². The van der Waals surface area contributed by atoms with Gasteiger partial charge < -0.3 is 9.84 Å². The Bertz CT molecular complexity index is 275. The number of methoxy groups -OCH3 is 1. The molecule has 1 aliphatic rings. The number of aliphatic hydroxyl groups excluding tert-OH is 1. The Morgan fingerprint density at radius 3 is 2.35 bits per heavy atom. The van der Waals surface area contributed by atoms with E-state index in [0.717, 1.165) is 12.8 Å². The van der Waals surface area contributed by atoms with Gasteiger partial charge in [-0.25, -0.2) is 4.79 Å². The first-order chi connectivity index (χ1) is 8.06. The minimum Gasteiger partial charge on any atom is -0.466 e. The van der Waals surface area contributed by atoms with Crippen molar-refractivity contribution in [1.82, 2.24) is 0 Å². The number of hydrogen-bond acceptors (Lipinski definition) is 3. The van der Waals surface area contributed by atoms with E-state index in [1.165, 1.54) is 26.4 Å². The number of rotatable bonds is 4. The van der Waals surface area contributed by atoms with E-state index >= 15 is 0 Å². The van der Waals surface area contributed by atoms with Crippen LogP contribution < -0.4 is 0 Å². The molecule has 1 fully saturated rings. The molecule has 3 heteroatoms. The monoisotopic (exact) mass is 240 g/mol. The maximum absolute atomic E-state index is 11.7. The lowest BCUT2D eigenvalue weighted by molar-refractivity contribution is -0.137. The SMILES string of the molecule is COC(=O)/C(=C\C1CCCCC1)C(O)C(C)C. The van der Waals surface area contributed by atoms with Gasteiger partial charge in [-0.3, -0.25) is 0 Å². The second-order valence-electron chi connectivity index (χ2n) is 5.20. The molecule has 1 rings (SSSR count). The average Bonchev–Trinajstić information content (AvgIpc) is 2.35. The number of ether oxygens (including phenoxy) is 1. The molecule has 1 saturated carbocycles. The minimum absolute atomic E-state index is 0.0314. The van der Waals surface area contributed by atoms with Gasteiger partial charge in [-0.15, -0.1) is 0 Å². The Balaban J connectivity index is 2.80. The van der Waals surface area contributed by atoms with Crippen LogP contribution in [0.1, 0.15) is 46.0 Å². The first-order valence-electron chi connectivity index (χ1n) is 6.54. The summed E-state index contributed by atoms with van der Waals surface area (Å²) in [7, 11) is 1.37. The molecule has 0 bridgehead atoms. The summed E-state index contributed by atoms with van der Waals surface area (Å²) >= 11 is 0. The zero-order valence-electron chi connectivity index (χ0n) is 11.1. The van der Waals surface area contributed by atoms with Gasteiger partial charge in [0.2, 0.25) is 0 Å². The van der Waals surface area contributed by atoms with Crippen molar-refractivity contribution in [3.63, 3.8) is 0 Å². The van der Waals surface area contributed by atoms with Crippen molar-refractivity contribution >= 4 is 5.97 Å². The molecule has 3 nitrogen and oxygen atoms in total. The minimum atomic E-state index is -0.718. The van der Waals surface area contributed by atoms with E-state index in [2.05, 4.69) is 0 Å².